The number of likely N-dealkylation sites (N-methyl/N-ethyl adjacent to an activating group) is 1. The molecule has 0 spiro atoms. The number of hydrogen-bond donors (Lipinski definition) is 2. The highest BCUT2D eigenvalue weighted by atomic mass is 19.4. The van der Waals surface area contributed by atoms with Crippen molar-refractivity contribution in [2.24, 2.45) is 0 Å². The average Bonchev–Trinajstić information content (AvgIpc) is 3.13. The van der Waals surface area contributed by atoms with Gasteiger partial charge in [-0.25, -0.2) is 9.97 Å². The van der Waals surface area contributed by atoms with Gasteiger partial charge < -0.3 is 19.9 Å². The van der Waals surface area contributed by atoms with E-state index in [4.69, 9.17) is 0 Å². The van der Waals surface area contributed by atoms with Gasteiger partial charge in [-0.1, -0.05) is 6.07 Å². The fourth-order valence-electron chi connectivity index (χ4n) is 4.12. The van der Waals surface area contributed by atoms with Crippen LogP contribution in [0.4, 0.5) is 30.5 Å². The Morgan fingerprint density at radius 1 is 0.972 bits per heavy atom. The number of benzene rings is 2. The second kappa shape index (κ2) is 9.11. The molecule has 2 N–H and O–H groups in total. The van der Waals surface area contributed by atoms with Crippen LogP contribution < -0.4 is 20.3 Å². The number of halogens is 3. The molecule has 3 heterocycles. The first kappa shape index (κ1) is 23.5. The number of piperazine rings is 1. The predicted molar refractivity (Wildman–Crippen MR) is 125 cm³/mol. The first-order valence-electron chi connectivity index (χ1n) is 11.1. The lowest BCUT2D eigenvalue weighted by Gasteiger charge is -2.34. The molecule has 9 nitrogen and oxygen atoms in total. The summed E-state index contributed by atoms with van der Waals surface area (Å²) in [5, 5.41) is 5.07. The van der Waals surface area contributed by atoms with Crippen molar-refractivity contribution >= 4 is 29.1 Å². The van der Waals surface area contributed by atoms with Crippen LogP contribution in [0, 0.1) is 0 Å². The van der Waals surface area contributed by atoms with Crippen LogP contribution in [0.25, 0.3) is 11.3 Å². The number of ether oxygens (including phenoxy) is 1. The Labute approximate surface area is 203 Å². The van der Waals surface area contributed by atoms with Crippen LogP contribution in [0.1, 0.15) is 20.7 Å². The summed E-state index contributed by atoms with van der Waals surface area (Å²) in [5.41, 5.74) is 2.25. The van der Waals surface area contributed by atoms with Crippen molar-refractivity contribution in [1.29, 1.82) is 0 Å². The van der Waals surface area contributed by atoms with Crippen molar-refractivity contribution in [2.45, 2.75) is 6.36 Å². The van der Waals surface area contributed by atoms with Gasteiger partial charge in [0, 0.05) is 43.6 Å². The van der Waals surface area contributed by atoms with Crippen LogP contribution in [0.15, 0.2) is 48.7 Å². The molecule has 0 unspecified atom stereocenters. The van der Waals surface area contributed by atoms with Gasteiger partial charge >= 0.3 is 6.36 Å². The fraction of sp³-hybridized carbons (Fsp3) is 0.250. The topological polar surface area (TPSA) is 99.7 Å². The number of carbonyl (C=O) groups excluding carboxylic acids is 2. The van der Waals surface area contributed by atoms with Crippen molar-refractivity contribution in [2.75, 3.05) is 43.4 Å². The van der Waals surface area contributed by atoms with Crippen LogP contribution in [-0.2, 0) is 0 Å². The van der Waals surface area contributed by atoms with E-state index in [1.807, 2.05) is 7.05 Å². The summed E-state index contributed by atoms with van der Waals surface area (Å²) in [4.78, 5) is 36.6. The second-order valence-electron chi connectivity index (χ2n) is 8.45. The number of amides is 2. The minimum Gasteiger partial charge on any atom is -0.404 e. The highest BCUT2D eigenvalue weighted by Crippen LogP contribution is 2.35. The molecule has 0 radical (unpaired) electrons. The summed E-state index contributed by atoms with van der Waals surface area (Å²) in [5.74, 6) is -1.35. The van der Waals surface area contributed by atoms with E-state index in [0.717, 1.165) is 31.9 Å². The van der Waals surface area contributed by atoms with Crippen LogP contribution in [-0.4, -0.2) is 66.3 Å². The van der Waals surface area contributed by atoms with Gasteiger partial charge in [0.2, 0.25) is 5.95 Å². The quantitative estimate of drug-likeness (QED) is 0.517. The molecule has 1 saturated heterocycles. The Bertz CT molecular complexity index is 1340. The van der Waals surface area contributed by atoms with Crippen molar-refractivity contribution in [3.63, 3.8) is 0 Å². The van der Waals surface area contributed by atoms with Crippen LogP contribution >= 0.6 is 0 Å². The largest absolute Gasteiger partial charge is 0.573 e. The molecule has 0 aliphatic carbocycles. The van der Waals surface area contributed by atoms with Crippen LogP contribution in [0.2, 0.25) is 0 Å². The maximum absolute atomic E-state index is 13.1. The second-order valence-corrected chi connectivity index (χ2v) is 8.45. The number of nitrogens with one attached hydrogen (secondary N) is 2. The normalized spacial score (nSPS) is 16.1. The average molecular weight is 498 g/mol. The van der Waals surface area contributed by atoms with Crippen molar-refractivity contribution in [3.8, 4) is 17.0 Å². The molecule has 1 fully saturated rings. The monoisotopic (exact) mass is 498 g/mol. The first-order valence-corrected chi connectivity index (χ1v) is 11.1. The Morgan fingerprint density at radius 3 is 2.47 bits per heavy atom. The zero-order chi connectivity index (χ0) is 25.4. The number of fused-ring (bicyclic) bond motifs is 1. The number of carbonyl (C=O) groups is 2. The maximum atomic E-state index is 13.1. The van der Waals surface area contributed by atoms with E-state index in [0.29, 0.717) is 11.3 Å². The molecule has 2 aliphatic rings. The molecule has 3 aromatic rings. The summed E-state index contributed by atoms with van der Waals surface area (Å²) >= 11 is 0. The Hall–Kier alpha value is -4.19. The molecule has 12 heteroatoms. The molecule has 0 saturated carbocycles. The molecular weight excluding hydrogens is 477 g/mol. The lowest BCUT2D eigenvalue weighted by molar-refractivity contribution is -0.274. The third kappa shape index (κ3) is 4.93. The minimum atomic E-state index is -4.88. The molecule has 2 aromatic carbocycles. The summed E-state index contributed by atoms with van der Waals surface area (Å²) in [7, 11) is 2.01. The van der Waals surface area contributed by atoms with Crippen molar-refractivity contribution < 1.29 is 27.5 Å². The summed E-state index contributed by atoms with van der Waals surface area (Å²) in [6.07, 6.45) is -3.44. The van der Waals surface area contributed by atoms with Gasteiger partial charge in [-0.15, -0.1) is 13.2 Å². The highest BCUT2D eigenvalue weighted by Gasteiger charge is 2.32. The van der Waals surface area contributed by atoms with E-state index in [-0.39, 0.29) is 22.8 Å². The van der Waals surface area contributed by atoms with E-state index in [2.05, 4.69) is 35.1 Å². The van der Waals surface area contributed by atoms with E-state index >= 15 is 0 Å². The summed E-state index contributed by atoms with van der Waals surface area (Å²) in [6.45, 7) is 3.13. The Balaban J connectivity index is 1.45. The zero-order valence-corrected chi connectivity index (χ0v) is 19.1. The number of rotatable bonds is 5. The maximum Gasteiger partial charge on any atom is 0.573 e. The Morgan fingerprint density at radius 2 is 1.72 bits per heavy atom. The lowest BCUT2D eigenvalue weighted by atomic mass is 10.0. The van der Waals surface area contributed by atoms with Crippen LogP contribution in [0.3, 0.4) is 0 Å². The molecule has 2 aliphatic heterocycles. The van der Waals surface area contributed by atoms with Crippen LogP contribution in [0.5, 0.6) is 5.75 Å². The summed E-state index contributed by atoms with van der Waals surface area (Å²) in [6, 6.07) is 10.7. The smallest absolute Gasteiger partial charge is 0.404 e. The van der Waals surface area contributed by atoms with E-state index < -0.39 is 23.9 Å². The van der Waals surface area contributed by atoms with Gasteiger partial charge in [0.25, 0.3) is 11.8 Å². The predicted octanol–water partition coefficient (Wildman–Crippen LogP) is 3.42. The van der Waals surface area contributed by atoms with Gasteiger partial charge in [0.15, 0.2) is 5.75 Å². The first-order chi connectivity index (χ1) is 17.2. The van der Waals surface area contributed by atoms with Crippen molar-refractivity contribution in [1.82, 2.24) is 20.2 Å². The van der Waals surface area contributed by atoms with Gasteiger partial charge in [0.1, 0.15) is 0 Å². The van der Waals surface area contributed by atoms with Gasteiger partial charge in [0.05, 0.1) is 22.5 Å². The molecule has 186 valence electrons. The van der Waals surface area contributed by atoms with Gasteiger partial charge in [-0.3, -0.25) is 14.9 Å². The van der Waals surface area contributed by atoms with E-state index in [9.17, 15) is 22.8 Å². The standard InChI is InChI=1S/C24H21F3N6O3/c1-32-8-10-33(11-9-32)15-3-5-20(36-24(25,26)27)19(13-15)30-23-28-7-6-18(29-23)14-2-4-16-17(12-14)22(35)31-21(16)34/h2-7,12-13H,8-11H2,1H3,(H,28,29,30)(H,31,34,35). The van der Waals surface area contributed by atoms with Gasteiger partial charge in [-0.05, 0) is 43.4 Å². The number of anilines is 3. The lowest BCUT2D eigenvalue weighted by Crippen LogP contribution is -2.44. The molecular formula is C24H21F3N6O3. The molecule has 0 atom stereocenters. The number of imide groups is 1. The molecule has 5 rings (SSSR count). The van der Waals surface area contributed by atoms with Crippen molar-refractivity contribution in [3.05, 3.63) is 59.8 Å². The zero-order valence-electron chi connectivity index (χ0n) is 19.1. The number of hydrogen-bond acceptors (Lipinski definition) is 8. The fourth-order valence-corrected chi connectivity index (χ4v) is 4.12. The van der Waals surface area contributed by atoms with Gasteiger partial charge in [-0.2, -0.15) is 0 Å². The number of nitrogens with zero attached hydrogens (tertiary/aromatic N) is 4. The summed E-state index contributed by atoms with van der Waals surface area (Å²) < 4.78 is 43.4. The number of alkyl halides is 3. The molecule has 2 amide bonds. The highest BCUT2D eigenvalue weighted by molar-refractivity contribution is 6.21. The molecule has 36 heavy (non-hydrogen) atoms. The number of aromatic nitrogens is 2. The SMILES string of the molecule is CN1CCN(c2ccc(OC(F)(F)F)c(Nc3nccc(-c4ccc5c(c4)C(=O)NC5=O)n3)c2)CC1. The third-order valence-electron chi connectivity index (χ3n) is 5.99. The minimum absolute atomic E-state index is 0.0380. The molecule has 1 aromatic heterocycles. The third-order valence-corrected chi connectivity index (χ3v) is 5.99. The Kier molecular flexibility index (Phi) is 5.96. The van der Waals surface area contributed by atoms with E-state index in [1.54, 1.807) is 24.3 Å². The molecule has 0 bridgehead atoms. The van der Waals surface area contributed by atoms with E-state index in [1.165, 1.54) is 24.4 Å².